The maximum absolute atomic E-state index is 10.9. The first-order valence-electron chi connectivity index (χ1n) is 3.84. The van der Waals surface area contributed by atoms with Crippen molar-refractivity contribution in [3.05, 3.63) is 0 Å². The van der Waals surface area contributed by atoms with Crippen LogP contribution in [0, 0.1) is 0 Å². The molecule has 1 aliphatic heterocycles. The second kappa shape index (κ2) is 3.57. The smallest absolute Gasteiger partial charge is 0.410 e. The summed E-state index contributed by atoms with van der Waals surface area (Å²) in [6, 6.07) is 0. The van der Waals surface area contributed by atoms with Gasteiger partial charge < -0.3 is 14.7 Å². The third-order valence-electron chi connectivity index (χ3n) is 1.65. The first kappa shape index (κ1) is 8.33. The summed E-state index contributed by atoms with van der Waals surface area (Å²) in [4.78, 5) is 12.5. The third kappa shape index (κ3) is 1.83. The summed E-state index contributed by atoms with van der Waals surface area (Å²) in [5.74, 6) is 0. The summed E-state index contributed by atoms with van der Waals surface area (Å²) in [6.07, 6.45) is 0.313. The van der Waals surface area contributed by atoms with Gasteiger partial charge in [0.1, 0.15) is 6.10 Å². The molecule has 0 unspecified atom stereocenters. The minimum atomic E-state index is -0.311. The van der Waals surface area contributed by atoms with Crippen LogP contribution >= 0.6 is 0 Å². The fourth-order valence-electron chi connectivity index (χ4n) is 1.12. The van der Waals surface area contributed by atoms with Gasteiger partial charge >= 0.3 is 6.09 Å². The summed E-state index contributed by atoms with van der Waals surface area (Å²) in [5.41, 5.74) is 0. The van der Waals surface area contributed by atoms with Crippen molar-refractivity contribution in [1.29, 1.82) is 0 Å². The van der Waals surface area contributed by atoms with Crippen LogP contribution in [0.3, 0.4) is 0 Å². The number of aliphatic hydroxyl groups is 1. The molecule has 1 atom stereocenters. The number of hydrogen-bond donors (Lipinski definition) is 1. The Hall–Kier alpha value is -0.770. The Morgan fingerprint density at radius 2 is 2.55 bits per heavy atom. The molecular formula is C7H13NO3. The molecule has 0 aliphatic carbocycles. The van der Waals surface area contributed by atoms with Gasteiger partial charge in [0.25, 0.3) is 0 Å². The molecule has 0 bridgehead atoms. The monoisotopic (exact) mass is 159 g/mol. The van der Waals surface area contributed by atoms with Crippen molar-refractivity contribution in [2.45, 2.75) is 19.4 Å². The summed E-state index contributed by atoms with van der Waals surface area (Å²) >= 11 is 0. The largest absolute Gasteiger partial charge is 0.442 e. The zero-order chi connectivity index (χ0) is 8.27. The number of cyclic esters (lactones) is 1. The van der Waals surface area contributed by atoms with Gasteiger partial charge in [-0.1, -0.05) is 6.92 Å². The average molecular weight is 159 g/mol. The maximum Gasteiger partial charge on any atom is 0.410 e. The van der Waals surface area contributed by atoms with Gasteiger partial charge in [0.15, 0.2) is 0 Å². The van der Waals surface area contributed by atoms with Crippen LogP contribution in [0.1, 0.15) is 13.3 Å². The number of rotatable bonds is 3. The van der Waals surface area contributed by atoms with Crippen molar-refractivity contribution in [3.8, 4) is 0 Å². The highest BCUT2D eigenvalue weighted by molar-refractivity contribution is 5.69. The molecule has 4 heteroatoms. The number of nitrogens with zero attached hydrogens (tertiary/aromatic N) is 1. The molecule has 1 heterocycles. The molecule has 1 amide bonds. The van der Waals surface area contributed by atoms with Gasteiger partial charge in [-0.2, -0.15) is 0 Å². The lowest BCUT2D eigenvalue weighted by atomic mass is 10.3. The SMILES string of the molecule is CCCN1C[C@@H](CO)OC1=O. The molecule has 0 saturated carbocycles. The van der Waals surface area contributed by atoms with E-state index in [0.717, 1.165) is 13.0 Å². The van der Waals surface area contributed by atoms with Gasteiger partial charge in [0, 0.05) is 6.54 Å². The van der Waals surface area contributed by atoms with E-state index in [0.29, 0.717) is 6.54 Å². The Balaban J connectivity index is 2.38. The van der Waals surface area contributed by atoms with E-state index in [1.807, 2.05) is 6.92 Å². The van der Waals surface area contributed by atoms with Crippen molar-refractivity contribution in [1.82, 2.24) is 4.90 Å². The van der Waals surface area contributed by atoms with E-state index in [4.69, 9.17) is 9.84 Å². The van der Waals surface area contributed by atoms with Crippen LogP contribution in [0.5, 0.6) is 0 Å². The summed E-state index contributed by atoms with van der Waals surface area (Å²) in [7, 11) is 0. The van der Waals surface area contributed by atoms with E-state index in [1.165, 1.54) is 0 Å². The Morgan fingerprint density at radius 3 is 3.00 bits per heavy atom. The average Bonchev–Trinajstić information content (AvgIpc) is 2.33. The zero-order valence-electron chi connectivity index (χ0n) is 6.62. The maximum atomic E-state index is 10.9. The number of hydrogen-bond acceptors (Lipinski definition) is 3. The number of amides is 1. The molecule has 64 valence electrons. The second-order valence-electron chi connectivity index (χ2n) is 2.63. The van der Waals surface area contributed by atoms with Crippen molar-refractivity contribution in [2.24, 2.45) is 0 Å². The Labute approximate surface area is 65.8 Å². The van der Waals surface area contributed by atoms with Gasteiger partial charge in [0.05, 0.1) is 13.2 Å². The van der Waals surface area contributed by atoms with E-state index in [9.17, 15) is 4.79 Å². The van der Waals surface area contributed by atoms with Gasteiger partial charge in [-0.05, 0) is 6.42 Å². The summed E-state index contributed by atoms with van der Waals surface area (Å²) in [5, 5.41) is 8.67. The Bertz CT molecular complexity index is 149. The fourth-order valence-corrected chi connectivity index (χ4v) is 1.12. The number of carbonyl (C=O) groups excluding carboxylic acids is 1. The molecule has 0 aromatic rings. The number of carbonyl (C=O) groups is 1. The second-order valence-corrected chi connectivity index (χ2v) is 2.63. The van der Waals surface area contributed by atoms with Gasteiger partial charge in [-0.15, -0.1) is 0 Å². The first-order chi connectivity index (χ1) is 5.27. The standard InChI is InChI=1S/C7H13NO3/c1-2-3-8-4-6(5-9)11-7(8)10/h6,9H,2-5H2,1H3/t6-/m0/s1. The molecule has 1 rings (SSSR count). The molecule has 0 aromatic carbocycles. The van der Waals surface area contributed by atoms with Crippen molar-refractivity contribution < 1.29 is 14.6 Å². The normalized spacial score (nSPS) is 24.0. The topological polar surface area (TPSA) is 49.8 Å². The number of aliphatic hydroxyl groups excluding tert-OH is 1. The summed E-state index contributed by atoms with van der Waals surface area (Å²) < 4.78 is 4.81. The highest BCUT2D eigenvalue weighted by atomic mass is 16.6. The quantitative estimate of drug-likeness (QED) is 0.640. The van der Waals surface area contributed by atoms with Crippen molar-refractivity contribution in [3.63, 3.8) is 0 Å². The minimum absolute atomic E-state index is 0.0774. The molecular weight excluding hydrogens is 146 g/mol. The molecule has 0 aromatic heterocycles. The molecule has 1 saturated heterocycles. The minimum Gasteiger partial charge on any atom is -0.442 e. The van der Waals surface area contributed by atoms with Crippen molar-refractivity contribution in [2.75, 3.05) is 19.7 Å². The van der Waals surface area contributed by atoms with E-state index in [-0.39, 0.29) is 18.8 Å². The van der Waals surface area contributed by atoms with E-state index in [2.05, 4.69) is 0 Å². The molecule has 0 radical (unpaired) electrons. The van der Waals surface area contributed by atoms with Crippen LogP contribution in [0.4, 0.5) is 4.79 Å². The highest BCUT2D eigenvalue weighted by Gasteiger charge is 2.29. The van der Waals surface area contributed by atoms with E-state index in [1.54, 1.807) is 4.90 Å². The van der Waals surface area contributed by atoms with E-state index < -0.39 is 0 Å². The molecule has 1 aliphatic rings. The van der Waals surface area contributed by atoms with Crippen LogP contribution in [-0.2, 0) is 4.74 Å². The van der Waals surface area contributed by atoms with Crippen molar-refractivity contribution >= 4 is 6.09 Å². The van der Waals surface area contributed by atoms with Gasteiger partial charge in [-0.3, -0.25) is 0 Å². The van der Waals surface area contributed by atoms with Gasteiger partial charge in [0.2, 0.25) is 0 Å². The first-order valence-corrected chi connectivity index (χ1v) is 3.84. The molecule has 1 N–H and O–H groups in total. The lowest BCUT2D eigenvalue weighted by Gasteiger charge is -2.09. The zero-order valence-corrected chi connectivity index (χ0v) is 6.62. The fraction of sp³-hybridized carbons (Fsp3) is 0.857. The number of ether oxygens (including phenoxy) is 1. The van der Waals surface area contributed by atoms with Gasteiger partial charge in [-0.25, -0.2) is 4.79 Å². The van der Waals surface area contributed by atoms with E-state index >= 15 is 0 Å². The van der Waals surface area contributed by atoms with Crippen LogP contribution in [-0.4, -0.2) is 41.9 Å². The van der Waals surface area contributed by atoms with Crippen LogP contribution < -0.4 is 0 Å². The molecule has 1 fully saturated rings. The predicted molar refractivity (Wildman–Crippen MR) is 39.2 cm³/mol. The molecule has 0 spiro atoms. The molecule has 4 nitrogen and oxygen atoms in total. The lowest BCUT2D eigenvalue weighted by molar-refractivity contribution is 0.0948. The Morgan fingerprint density at radius 1 is 1.82 bits per heavy atom. The Kier molecular flexibility index (Phi) is 2.70. The lowest BCUT2D eigenvalue weighted by Crippen LogP contribution is -2.26. The van der Waals surface area contributed by atoms with Crippen LogP contribution in [0.25, 0.3) is 0 Å². The predicted octanol–water partition coefficient (Wildman–Crippen LogP) is 0.210. The summed E-state index contributed by atoms with van der Waals surface area (Å²) in [6.45, 7) is 3.17. The third-order valence-corrected chi connectivity index (χ3v) is 1.65. The molecule has 11 heavy (non-hydrogen) atoms. The van der Waals surface area contributed by atoms with Crippen LogP contribution in [0.2, 0.25) is 0 Å². The highest BCUT2D eigenvalue weighted by Crippen LogP contribution is 2.10. The van der Waals surface area contributed by atoms with Crippen LogP contribution in [0.15, 0.2) is 0 Å².